The van der Waals surface area contributed by atoms with E-state index < -0.39 is 76.1 Å². The van der Waals surface area contributed by atoms with Crippen molar-refractivity contribution in [2.24, 2.45) is 53.3 Å². The standard InChI is InChI=1S/C70H147O15P7S14/c1-48(2)33-56(17)41-86(93,73-57(18)34-49(3)4)101-42-64(25)82-91(98,83-67(28)45-102-88(95,74-58(19)35-50(5)6)75-59(20)36-51(7)8)105-43-65(26)80-87(94,100-32-31-70(71)72)81-66(27)44-106-92(99,84-68(29)46-103-89(96,76-60(21)37-52(9)10)77-61(22)38-53(11)12)85-69(30)47-104-90(97,78-62(23)39-54(13)14)79-63(24)40-55(15)16/h48-69H,31-47H2,1-30H3,(H,71,72). The van der Waals surface area contributed by atoms with Crippen LogP contribution in [0.5, 0.6) is 0 Å². The van der Waals surface area contributed by atoms with Crippen molar-refractivity contribution in [3.05, 3.63) is 0 Å². The molecule has 17 unspecified atom stereocenters. The van der Waals surface area contributed by atoms with Crippen LogP contribution in [0.15, 0.2) is 0 Å². The molecule has 0 fully saturated rings. The monoisotopic (exact) mass is 1890 g/mol. The van der Waals surface area contributed by atoms with Crippen LogP contribution in [-0.4, -0.2) is 137 Å². The van der Waals surface area contributed by atoms with E-state index in [-0.39, 0.29) is 61.0 Å². The molecule has 106 heavy (non-hydrogen) atoms. The molecule has 0 aliphatic rings. The van der Waals surface area contributed by atoms with Crippen LogP contribution in [0.25, 0.3) is 0 Å². The Hall–Kier alpha value is 5.95. The minimum atomic E-state index is -3.34. The highest BCUT2D eigenvalue weighted by atomic mass is 32.9. The van der Waals surface area contributed by atoms with Crippen molar-refractivity contribution in [1.29, 1.82) is 0 Å². The summed E-state index contributed by atoms with van der Waals surface area (Å²) < 4.78 is 88.9. The third-order valence-electron chi connectivity index (χ3n) is 14.5. The fraction of sp³-hybridized carbons (Fsp3) is 0.986. The first-order valence-electron chi connectivity index (χ1n) is 38.3. The average molecular weight is 1890 g/mol. The highest BCUT2D eigenvalue weighted by molar-refractivity contribution is 8.71. The van der Waals surface area contributed by atoms with Crippen LogP contribution >= 0.6 is 119 Å². The summed E-state index contributed by atoms with van der Waals surface area (Å²) in [6.45, 7) is 63.7. The number of rotatable bonds is 66. The maximum absolute atomic E-state index is 12.1. The van der Waals surface area contributed by atoms with Crippen LogP contribution < -0.4 is 0 Å². The predicted octanol–water partition coefficient (Wildman–Crippen LogP) is 28.5. The summed E-state index contributed by atoms with van der Waals surface area (Å²) in [4.78, 5) is 12.1. The number of hydrogen-bond donors (Lipinski definition) is 1. The Morgan fingerprint density at radius 3 is 0.613 bits per heavy atom. The fourth-order valence-electron chi connectivity index (χ4n) is 11.4. The van der Waals surface area contributed by atoms with Gasteiger partial charge in [-0.2, -0.15) is 0 Å². The molecule has 0 saturated carbocycles. The second-order valence-corrected chi connectivity index (χ2v) is 77.3. The van der Waals surface area contributed by atoms with Gasteiger partial charge in [-0.15, -0.1) is 0 Å². The molecular weight excluding hydrogens is 1750 g/mol. The van der Waals surface area contributed by atoms with E-state index in [0.29, 0.717) is 87.8 Å². The Labute approximate surface area is 713 Å². The first-order valence-corrected chi connectivity index (χ1v) is 68.2. The Bertz CT molecular complexity index is 2380. The van der Waals surface area contributed by atoms with Crippen LogP contribution in [0.4, 0.5) is 0 Å². The summed E-state index contributed by atoms with van der Waals surface area (Å²) in [5.41, 5.74) is -20.9. The molecule has 15 nitrogen and oxygen atoms in total. The molecule has 636 valence electrons. The van der Waals surface area contributed by atoms with Crippen LogP contribution in [0, 0.1) is 53.3 Å². The highest BCUT2D eigenvalue weighted by Gasteiger charge is 2.38. The average Bonchev–Trinajstić information content (AvgIpc) is 0.847. The third kappa shape index (κ3) is 57.3. The van der Waals surface area contributed by atoms with Crippen LogP contribution in [0.3, 0.4) is 0 Å². The largest absolute Gasteiger partial charge is 0.481 e. The summed E-state index contributed by atoms with van der Waals surface area (Å²) in [5, 5.41) is 9.93. The predicted molar refractivity (Wildman–Crippen MR) is 506 cm³/mol. The van der Waals surface area contributed by atoms with Gasteiger partial charge in [0.15, 0.2) is 0 Å². The Kier molecular flexibility index (Phi) is 59.8. The summed E-state index contributed by atoms with van der Waals surface area (Å²) in [7, 11) is 0. The molecule has 0 heterocycles. The quantitative estimate of drug-likeness (QED) is 0.0573. The lowest BCUT2D eigenvalue weighted by Gasteiger charge is -2.33. The molecule has 0 saturated heterocycles. The van der Waals surface area contributed by atoms with Crippen LogP contribution in [0.2, 0.25) is 0 Å². The first-order chi connectivity index (χ1) is 48.5. The molecule has 17 atom stereocenters. The van der Waals surface area contributed by atoms with E-state index in [9.17, 15) is 9.90 Å². The van der Waals surface area contributed by atoms with E-state index >= 15 is 0 Å². The van der Waals surface area contributed by atoms with E-state index in [1.807, 2.05) is 41.5 Å². The molecule has 0 radical (unpaired) electrons. The molecule has 0 amide bonds. The van der Waals surface area contributed by atoms with Crippen LogP contribution in [0.1, 0.15) is 265 Å². The second kappa shape index (κ2) is 56.6. The van der Waals surface area contributed by atoms with Gasteiger partial charge in [0.2, 0.25) is 34.2 Å². The van der Waals surface area contributed by atoms with Gasteiger partial charge < -0.3 is 63.9 Å². The maximum atomic E-state index is 12.1. The van der Waals surface area contributed by atoms with Crippen molar-refractivity contribution < 1.29 is 68.7 Å². The van der Waals surface area contributed by atoms with Crippen molar-refractivity contribution >= 4 is 208 Å². The van der Waals surface area contributed by atoms with Crippen LogP contribution in [-0.2, 0) is 146 Å². The number of carboxylic acids is 1. The third-order valence-corrected chi connectivity index (χ3v) is 54.4. The fourth-order valence-corrected chi connectivity index (χ4v) is 52.2. The molecule has 0 rings (SSSR count). The van der Waals surface area contributed by atoms with E-state index in [1.165, 1.54) is 68.3 Å². The van der Waals surface area contributed by atoms with E-state index in [2.05, 4.69) is 166 Å². The molecule has 0 spiro atoms. The van der Waals surface area contributed by atoms with Gasteiger partial charge in [0, 0.05) is 46.4 Å². The lowest BCUT2D eigenvalue weighted by Crippen LogP contribution is -2.19. The summed E-state index contributed by atoms with van der Waals surface area (Å²) in [6.07, 6.45) is 4.26. The minimum absolute atomic E-state index is 0.0145. The number of hydrogen-bond acceptors (Lipinski definition) is 28. The van der Waals surface area contributed by atoms with Crippen molar-refractivity contribution in [2.45, 2.75) is 345 Å². The Morgan fingerprint density at radius 2 is 0.425 bits per heavy atom. The van der Waals surface area contributed by atoms with Gasteiger partial charge in [0.05, 0.1) is 85.8 Å². The first kappa shape index (κ1) is 112. The number of carboxylic acid groups (broad SMARTS) is 1. The van der Waals surface area contributed by atoms with Gasteiger partial charge in [-0.05, 0) is 265 Å². The van der Waals surface area contributed by atoms with Crippen molar-refractivity contribution in [3.63, 3.8) is 0 Å². The van der Waals surface area contributed by atoms with Gasteiger partial charge in [0.25, 0.3) is 0 Å². The SMILES string of the molecule is CC(C)CC(C)CP(=S)(OC(C)CC(C)C)SCC(C)OP(=S)(OC(C)CSP(=S)(OC(C)CC(C)C)OC(C)CC(C)C)SCC(C)OP(=S)(OC(C)CSP(=S)(OC(C)CSP(=S)(OC(C)CC(C)C)OC(C)CC(C)C)OC(C)CSP(=S)(OC(C)CC(C)C)OC(C)CC(C)C)SCCC(=O)O. The molecule has 1 N–H and O–H groups in total. The summed E-state index contributed by atoms with van der Waals surface area (Å²) in [5.74, 6) is 5.54. The lowest BCUT2D eigenvalue weighted by molar-refractivity contribution is -0.136. The van der Waals surface area contributed by atoms with Crippen molar-refractivity contribution in [1.82, 2.24) is 0 Å². The van der Waals surface area contributed by atoms with Crippen molar-refractivity contribution in [3.8, 4) is 0 Å². The molecule has 36 heteroatoms. The summed E-state index contributed by atoms with van der Waals surface area (Å²) in [6, 6.07) is 0. The lowest BCUT2D eigenvalue weighted by atomic mass is 10.0. The number of aliphatic carboxylic acids is 1. The number of carbonyl (C=O) groups is 1. The van der Waals surface area contributed by atoms with E-state index in [1.54, 1.807) is 11.4 Å². The van der Waals surface area contributed by atoms with E-state index in [0.717, 1.165) is 57.5 Å². The van der Waals surface area contributed by atoms with Gasteiger partial charge in [-0.3, -0.25) is 4.79 Å². The smallest absolute Gasteiger partial charge is 0.304 e. The van der Waals surface area contributed by atoms with Gasteiger partial charge >= 0.3 is 5.97 Å². The molecule has 0 aromatic rings. The molecule has 0 bridgehead atoms. The normalized spacial score (nSPS) is 20.9. The second-order valence-electron chi connectivity index (χ2n) is 32.3. The molecule has 0 aliphatic heterocycles. The molecule has 0 aromatic heterocycles. The van der Waals surface area contributed by atoms with E-state index in [4.69, 9.17) is 141 Å². The topological polar surface area (TPSA) is 157 Å². The zero-order valence-corrected chi connectivity index (χ0v) is 87.9. The zero-order valence-electron chi connectivity index (χ0n) is 70.2. The summed E-state index contributed by atoms with van der Waals surface area (Å²) >= 11 is 55.4. The Balaban J connectivity index is 7.63. The molecule has 0 aromatic carbocycles. The Morgan fingerprint density at radius 1 is 0.255 bits per heavy atom. The van der Waals surface area contributed by atoms with Gasteiger partial charge in [-0.25, -0.2) is 0 Å². The maximum Gasteiger partial charge on any atom is 0.304 e. The van der Waals surface area contributed by atoms with Gasteiger partial charge in [-0.1, -0.05) is 209 Å². The van der Waals surface area contributed by atoms with Gasteiger partial charge in [0.1, 0.15) is 5.47 Å². The zero-order chi connectivity index (χ0) is 81.9. The highest BCUT2D eigenvalue weighted by Crippen LogP contribution is 2.71. The molecular formula is C70H147O15P7S14. The van der Waals surface area contributed by atoms with Crippen molar-refractivity contribution in [2.75, 3.05) is 46.4 Å². The molecule has 0 aliphatic carbocycles. The minimum Gasteiger partial charge on any atom is -0.481 e.